The standard InChI is InChI=1S/C18H18N4O2S/c23-17-13-4-1-2-5-14(13)19-16(20-17)12-21-7-9-22(10-8-21)18(24)15-6-3-11-25-15/h1-6,11H,7-10,12H2,(H,19,20,23)/p+1. The summed E-state index contributed by atoms with van der Waals surface area (Å²) in [6.07, 6.45) is 0. The van der Waals surface area contributed by atoms with Crippen LogP contribution in [0.25, 0.3) is 10.9 Å². The quantitative estimate of drug-likeness (QED) is 0.720. The number of para-hydroxylation sites is 1. The molecular formula is C18H19N4O2S+. The smallest absolute Gasteiger partial charge is 0.264 e. The Kier molecular flexibility index (Phi) is 4.33. The van der Waals surface area contributed by atoms with Crippen molar-refractivity contribution in [2.45, 2.75) is 6.54 Å². The average molecular weight is 355 g/mol. The summed E-state index contributed by atoms with van der Waals surface area (Å²) < 4.78 is 0. The van der Waals surface area contributed by atoms with Crippen molar-refractivity contribution in [3.63, 3.8) is 0 Å². The number of fused-ring (bicyclic) bond motifs is 1. The molecule has 1 saturated heterocycles. The van der Waals surface area contributed by atoms with Crippen LogP contribution in [0.3, 0.4) is 0 Å². The van der Waals surface area contributed by atoms with Crippen LogP contribution in [0.2, 0.25) is 0 Å². The molecule has 2 aromatic heterocycles. The molecule has 0 unspecified atom stereocenters. The van der Waals surface area contributed by atoms with Crippen LogP contribution in [-0.4, -0.2) is 47.0 Å². The Balaban J connectivity index is 1.42. The van der Waals surface area contributed by atoms with E-state index < -0.39 is 0 Å². The lowest BCUT2D eigenvalue weighted by Gasteiger charge is -2.31. The summed E-state index contributed by atoms with van der Waals surface area (Å²) in [6, 6.07) is 11.2. The Labute approximate surface area is 148 Å². The van der Waals surface area contributed by atoms with Gasteiger partial charge in [0.25, 0.3) is 11.5 Å². The lowest BCUT2D eigenvalue weighted by molar-refractivity contribution is -0.918. The van der Waals surface area contributed by atoms with E-state index in [1.165, 1.54) is 16.2 Å². The number of piperazine rings is 1. The summed E-state index contributed by atoms with van der Waals surface area (Å²) >= 11 is 1.48. The maximum absolute atomic E-state index is 12.4. The number of aromatic amines is 1. The number of rotatable bonds is 3. The first-order valence-corrected chi connectivity index (χ1v) is 9.23. The van der Waals surface area contributed by atoms with Crippen molar-refractivity contribution >= 4 is 28.1 Å². The van der Waals surface area contributed by atoms with Crippen LogP contribution in [0.1, 0.15) is 15.5 Å². The Morgan fingerprint density at radius 1 is 1.20 bits per heavy atom. The third kappa shape index (κ3) is 3.33. The van der Waals surface area contributed by atoms with Crippen LogP contribution in [-0.2, 0) is 6.54 Å². The Bertz CT molecular complexity index is 943. The topological polar surface area (TPSA) is 70.5 Å². The fraction of sp³-hybridized carbons (Fsp3) is 0.278. The maximum Gasteiger partial charge on any atom is 0.264 e. The SMILES string of the molecule is O=C(c1cccs1)N1CC[NH+](Cc2nc3ccccc3c(=O)[nH]2)CC1. The second kappa shape index (κ2) is 6.78. The molecule has 3 heterocycles. The van der Waals surface area contributed by atoms with Crippen LogP contribution in [0.15, 0.2) is 46.6 Å². The first-order chi connectivity index (χ1) is 12.2. The van der Waals surface area contributed by atoms with E-state index in [9.17, 15) is 9.59 Å². The number of benzene rings is 1. The Hall–Kier alpha value is -2.51. The summed E-state index contributed by atoms with van der Waals surface area (Å²) in [7, 11) is 0. The van der Waals surface area contributed by atoms with Gasteiger partial charge in [0.1, 0.15) is 6.54 Å². The second-order valence-electron chi connectivity index (χ2n) is 6.23. The van der Waals surface area contributed by atoms with Crippen LogP contribution >= 0.6 is 11.3 Å². The number of nitrogens with one attached hydrogen (secondary N) is 2. The van der Waals surface area contributed by atoms with Crippen molar-refractivity contribution in [2.75, 3.05) is 26.2 Å². The monoisotopic (exact) mass is 355 g/mol. The summed E-state index contributed by atoms with van der Waals surface area (Å²) in [5.41, 5.74) is 0.638. The van der Waals surface area contributed by atoms with Crippen molar-refractivity contribution in [3.8, 4) is 0 Å². The van der Waals surface area contributed by atoms with E-state index in [2.05, 4.69) is 9.97 Å². The molecule has 128 valence electrons. The zero-order valence-corrected chi connectivity index (χ0v) is 14.5. The first-order valence-electron chi connectivity index (χ1n) is 8.35. The third-order valence-corrected chi connectivity index (χ3v) is 5.43. The van der Waals surface area contributed by atoms with Gasteiger partial charge in [-0.15, -0.1) is 11.3 Å². The van der Waals surface area contributed by atoms with Gasteiger partial charge in [0.2, 0.25) is 0 Å². The molecule has 0 aliphatic carbocycles. The minimum Gasteiger partial charge on any atom is -0.327 e. The summed E-state index contributed by atoms with van der Waals surface area (Å²) in [5, 5.41) is 2.55. The molecule has 7 heteroatoms. The molecule has 0 bridgehead atoms. The number of carbonyl (C=O) groups is 1. The second-order valence-corrected chi connectivity index (χ2v) is 7.17. The van der Waals surface area contributed by atoms with E-state index in [0.717, 1.165) is 36.6 Å². The first kappa shape index (κ1) is 16.0. The molecule has 4 rings (SSSR count). The van der Waals surface area contributed by atoms with E-state index in [0.29, 0.717) is 17.8 Å². The van der Waals surface area contributed by atoms with Crippen molar-refractivity contribution in [2.24, 2.45) is 0 Å². The van der Waals surface area contributed by atoms with Crippen LogP contribution in [0, 0.1) is 0 Å². The number of nitrogens with zero attached hydrogens (tertiary/aromatic N) is 2. The number of amides is 1. The van der Waals surface area contributed by atoms with E-state index >= 15 is 0 Å². The van der Waals surface area contributed by atoms with E-state index in [-0.39, 0.29) is 11.5 Å². The predicted molar refractivity (Wildman–Crippen MR) is 97.0 cm³/mol. The molecule has 0 saturated carbocycles. The van der Waals surface area contributed by atoms with Crippen molar-refractivity contribution in [1.29, 1.82) is 0 Å². The fourth-order valence-electron chi connectivity index (χ4n) is 3.21. The molecule has 1 aliphatic rings. The number of thiophene rings is 1. The van der Waals surface area contributed by atoms with Gasteiger partial charge in [-0.05, 0) is 23.6 Å². The summed E-state index contributed by atoms with van der Waals surface area (Å²) in [6.45, 7) is 3.83. The van der Waals surface area contributed by atoms with Crippen LogP contribution < -0.4 is 10.5 Å². The van der Waals surface area contributed by atoms with Gasteiger partial charge in [-0.1, -0.05) is 18.2 Å². The van der Waals surface area contributed by atoms with Gasteiger partial charge in [-0.3, -0.25) is 9.59 Å². The zero-order chi connectivity index (χ0) is 17.2. The Morgan fingerprint density at radius 2 is 2.00 bits per heavy atom. The van der Waals surface area contributed by atoms with E-state index in [1.54, 1.807) is 6.07 Å². The maximum atomic E-state index is 12.4. The van der Waals surface area contributed by atoms with Crippen LogP contribution in [0.4, 0.5) is 0 Å². The molecule has 0 atom stereocenters. The van der Waals surface area contributed by atoms with Gasteiger partial charge in [-0.2, -0.15) is 0 Å². The van der Waals surface area contributed by atoms with E-state index in [4.69, 9.17) is 0 Å². The number of carbonyl (C=O) groups excluding carboxylic acids is 1. The minimum absolute atomic E-state index is 0.0912. The highest BCUT2D eigenvalue weighted by Gasteiger charge is 2.25. The van der Waals surface area contributed by atoms with Gasteiger partial charge in [0.05, 0.1) is 42.0 Å². The lowest BCUT2D eigenvalue weighted by atomic mass is 10.2. The van der Waals surface area contributed by atoms with Crippen molar-refractivity contribution in [1.82, 2.24) is 14.9 Å². The highest BCUT2D eigenvalue weighted by molar-refractivity contribution is 7.12. The molecular weight excluding hydrogens is 336 g/mol. The summed E-state index contributed by atoms with van der Waals surface area (Å²) in [5.74, 6) is 0.822. The molecule has 0 radical (unpaired) electrons. The fourth-order valence-corrected chi connectivity index (χ4v) is 3.91. The number of H-pyrrole nitrogens is 1. The molecule has 3 aromatic rings. The molecule has 1 fully saturated rings. The van der Waals surface area contributed by atoms with Gasteiger partial charge < -0.3 is 14.8 Å². The minimum atomic E-state index is -0.0912. The van der Waals surface area contributed by atoms with Gasteiger partial charge in [-0.25, -0.2) is 4.98 Å². The molecule has 6 nitrogen and oxygen atoms in total. The predicted octanol–water partition coefficient (Wildman–Crippen LogP) is 0.525. The number of aromatic nitrogens is 2. The van der Waals surface area contributed by atoms with Crippen molar-refractivity contribution in [3.05, 3.63) is 62.8 Å². The molecule has 25 heavy (non-hydrogen) atoms. The molecule has 1 aliphatic heterocycles. The Morgan fingerprint density at radius 3 is 2.76 bits per heavy atom. The molecule has 1 amide bonds. The summed E-state index contributed by atoms with van der Waals surface area (Å²) in [4.78, 5) is 36.0. The van der Waals surface area contributed by atoms with Gasteiger partial charge >= 0.3 is 0 Å². The number of quaternary nitrogens is 1. The van der Waals surface area contributed by atoms with Crippen molar-refractivity contribution < 1.29 is 9.69 Å². The lowest BCUT2D eigenvalue weighted by Crippen LogP contribution is -3.13. The van der Waals surface area contributed by atoms with E-state index in [1.807, 2.05) is 40.6 Å². The normalized spacial score (nSPS) is 15.6. The average Bonchev–Trinajstić information content (AvgIpc) is 3.16. The largest absolute Gasteiger partial charge is 0.327 e. The van der Waals surface area contributed by atoms with Crippen LogP contribution in [0.5, 0.6) is 0 Å². The highest BCUT2D eigenvalue weighted by Crippen LogP contribution is 2.12. The molecule has 1 aromatic carbocycles. The molecule has 0 spiro atoms. The highest BCUT2D eigenvalue weighted by atomic mass is 32.1. The number of hydrogen-bond acceptors (Lipinski definition) is 4. The third-order valence-electron chi connectivity index (χ3n) is 4.57. The molecule has 2 N–H and O–H groups in total. The van der Waals surface area contributed by atoms with Gasteiger partial charge in [0, 0.05) is 0 Å². The zero-order valence-electron chi connectivity index (χ0n) is 13.7. The number of hydrogen-bond donors (Lipinski definition) is 2. The van der Waals surface area contributed by atoms with Gasteiger partial charge in [0.15, 0.2) is 5.82 Å².